The van der Waals surface area contributed by atoms with E-state index < -0.39 is 48.5 Å². The first-order chi connectivity index (χ1) is 17.4. The highest BCUT2D eigenvalue weighted by molar-refractivity contribution is 5.99. The molecule has 1 fully saturated rings. The van der Waals surface area contributed by atoms with Crippen LogP contribution in [0.5, 0.6) is 5.88 Å². The lowest BCUT2D eigenvalue weighted by atomic mass is 9.88. The van der Waals surface area contributed by atoms with Gasteiger partial charge in [-0.25, -0.2) is 23.7 Å². The van der Waals surface area contributed by atoms with Gasteiger partial charge in [0.2, 0.25) is 11.8 Å². The molecule has 37 heavy (non-hydrogen) atoms. The van der Waals surface area contributed by atoms with Crippen LogP contribution in [-0.4, -0.2) is 67.7 Å². The molecule has 14 heteroatoms. The van der Waals surface area contributed by atoms with E-state index in [2.05, 4.69) is 25.4 Å². The average Bonchev–Trinajstić information content (AvgIpc) is 3.23. The standard InChI is InChI=1S/C23H24F5N7O2/c1-13-7-22(24,25)12-35(17(13)10-31-21-29-8-14(9-30-21)23(26,27)28)20(36)19-15(11-34(2)33-19)16-5-4-6-18(32-16)37-3/h4-6,8-9,11,13,17H,7,10,12H2,1-3H3,(H,29,30,31)/t13-,17-/m1/s1. The Bertz CT molecular complexity index is 1260. The van der Waals surface area contributed by atoms with Crippen molar-refractivity contribution in [2.75, 3.05) is 25.5 Å². The molecule has 9 nitrogen and oxygen atoms in total. The van der Waals surface area contributed by atoms with Crippen molar-refractivity contribution in [1.82, 2.24) is 29.6 Å². The third-order valence-corrected chi connectivity index (χ3v) is 6.03. The molecule has 198 valence electrons. The fourth-order valence-electron chi connectivity index (χ4n) is 4.29. The summed E-state index contributed by atoms with van der Waals surface area (Å²) in [6, 6.07) is 4.20. The second-order valence-electron chi connectivity index (χ2n) is 8.84. The number of methoxy groups -OCH3 is 1. The van der Waals surface area contributed by atoms with E-state index in [0.29, 0.717) is 29.5 Å². The van der Waals surface area contributed by atoms with Crippen LogP contribution >= 0.6 is 0 Å². The zero-order chi connectivity index (χ0) is 27.0. The predicted molar refractivity (Wildman–Crippen MR) is 122 cm³/mol. The van der Waals surface area contributed by atoms with Crippen LogP contribution in [0.1, 0.15) is 29.4 Å². The van der Waals surface area contributed by atoms with Crippen molar-refractivity contribution in [2.45, 2.75) is 31.5 Å². The molecule has 2 atom stereocenters. The number of hydrogen-bond donors (Lipinski definition) is 1. The molecule has 1 amide bonds. The minimum atomic E-state index is -4.59. The second-order valence-corrected chi connectivity index (χ2v) is 8.84. The summed E-state index contributed by atoms with van der Waals surface area (Å²) in [4.78, 5) is 26.3. The molecule has 0 spiro atoms. The molecule has 0 bridgehead atoms. The molecular formula is C23H24F5N7O2. The number of carbonyl (C=O) groups excluding carboxylic acids is 1. The Morgan fingerprint density at radius 3 is 2.59 bits per heavy atom. The summed E-state index contributed by atoms with van der Waals surface area (Å²) in [6.45, 7) is 0.669. The van der Waals surface area contributed by atoms with Crippen molar-refractivity contribution in [1.29, 1.82) is 0 Å². The molecule has 4 rings (SSSR count). The number of anilines is 1. The van der Waals surface area contributed by atoms with Crippen molar-refractivity contribution < 1.29 is 31.5 Å². The molecule has 1 saturated heterocycles. The van der Waals surface area contributed by atoms with Gasteiger partial charge in [-0.15, -0.1) is 0 Å². The summed E-state index contributed by atoms with van der Waals surface area (Å²) in [6.07, 6.45) is -2.26. The highest BCUT2D eigenvalue weighted by atomic mass is 19.4. The highest BCUT2D eigenvalue weighted by Gasteiger charge is 2.47. The minimum Gasteiger partial charge on any atom is -0.481 e. The van der Waals surface area contributed by atoms with Crippen LogP contribution < -0.4 is 10.1 Å². The SMILES string of the molecule is COc1cccc(-c2cn(C)nc2C(=O)N2CC(F)(F)C[C@@H](C)[C@H]2CNc2ncc(C(F)(F)F)cn2)n1. The first-order valence-electron chi connectivity index (χ1n) is 11.2. The van der Waals surface area contributed by atoms with Crippen molar-refractivity contribution in [3.8, 4) is 17.1 Å². The zero-order valence-corrected chi connectivity index (χ0v) is 20.1. The van der Waals surface area contributed by atoms with Crippen molar-refractivity contribution >= 4 is 11.9 Å². The number of pyridine rings is 1. The van der Waals surface area contributed by atoms with Crippen LogP contribution in [0, 0.1) is 5.92 Å². The van der Waals surface area contributed by atoms with Gasteiger partial charge in [0.15, 0.2) is 5.69 Å². The highest BCUT2D eigenvalue weighted by Crippen LogP contribution is 2.36. The fraction of sp³-hybridized carbons (Fsp3) is 0.435. The van der Waals surface area contributed by atoms with Crippen LogP contribution in [0.15, 0.2) is 36.8 Å². The number of ether oxygens (including phenoxy) is 1. The van der Waals surface area contributed by atoms with Gasteiger partial charge in [0, 0.05) is 44.7 Å². The van der Waals surface area contributed by atoms with Gasteiger partial charge in [-0.1, -0.05) is 13.0 Å². The molecule has 1 aliphatic heterocycles. The average molecular weight is 525 g/mol. The first kappa shape index (κ1) is 26.2. The number of alkyl halides is 5. The van der Waals surface area contributed by atoms with Gasteiger partial charge in [-0.2, -0.15) is 18.3 Å². The van der Waals surface area contributed by atoms with E-state index in [9.17, 15) is 26.7 Å². The largest absolute Gasteiger partial charge is 0.481 e. The molecule has 0 saturated carbocycles. The van der Waals surface area contributed by atoms with Crippen LogP contribution in [0.4, 0.5) is 27.9 Å². The topological polar surface area (TPSA) is 98.1 Å². The second kappa shape index (κ2) is 9.90. The number of piperidine rings is 1. The van der Waals surface area contributed by atoms with Gasteiger partial charge in [0.05, 0.1) is 36.5 Å². The summed E-state index contributed by atoms with van der Waals surface area (Å²) in [7, 11) is 3.03. The fourth-order valence-corrected chi connectivity index (χ4v) is 4.29. The minimum absolute atomic E-state index is 0.0616. The monoisotopic (exact) mass is 525 g/mol. The Balaban J connectivity index is 1.62. The van der Waals surface area contributed by atoms with Crippen molar-refractivity contribution in [2.24, 2.45) is 13.0 Å². The number of carbonyl (C=O) groups is 1. The third kappa shape index (κ3) is 5.78. The Kier molecular flexibility index (Phi) is 7.02. The Morgan fingerprint density at radius 1 is 1.24 bits per heavy atom. The Morgan fingerprint density at radius 2 is 1.95 bits per heavy atom. The van der Waals surface area contributed by atoms with E-state index in [1.165, 1.54) is 11.8 Å². The first-order valence-corrected chi connectivity index (χ1v) is 11.2. The summed E-state index contributed by atoms with van der Waals surface area (Å²) in [5, 5.41) is 6.99. The van der Waals surface area contributed by atoms with Gasteiger partial charge in [-0.05, 0) is 12.0 Å². The van der Waals surface area contributed by atoms with E-state index in [1.807, 2.05) is 0 Å². The summed E-state index contributed by atoms with van der Waals surface area (Å²) in [5.41, 5.74) is -0.371. The zero-order valence-electron chi connectivity index (χ0n) is 20.1. The lowest BCUT2D eigenvalue weighted by Gasteiger charge is -2.43. The molecule has 0 unspecified atom stereocenters. The summed E-state index contributed by atoms with van der Waals surface area (Å²) < 4.78 is 74.1. The van der Waals surface area contributed by atoms with Gasteiger partial charge in [0.25, 0.3) is 11.8 Å². The predicted octanol–water partition coefficient (Wildman–Crippen LogP) is 3.90. The maximum Gasteiger partial charge on any atom is 0.419 e. The maximum absolute atomic E-state index is 14.6. The molecule has 1 aliphatic rings. The van der Waals surface area contributed by atoms with E-state index in [1.54, 1.807) is 38.4 Å². The molecule has 0 radical (unpaired) electrons. The van der Waals surface area contributed by atoms with Crippen LogP contribution in [0.25, 0.3) is 11.3 Å². The van der Waals surface area contributed by atoms with Gasteiger partial charge in [0.1, 0.15) is 0 Å². The number of nitrogens with one attached hydrogen (secondary N) is 1. The number of aromatic nitrogens is 5. The van der Waals surface area contributed by atoms with E-state index in [-0.39, 0.29) is 18.2 Å². The number of aryl methyl sites for hydroxylation is 1. The van der Waals surface area contributed by atoms with Gasteiger partial charge < -0.3 is 15.0 Å². The van der Waals surface area contributed by atoms with Crippen molar-refractivity contribution in [3.63, 3.8) is 0 Å². The lowest BCUT2D eigenvalue weighted by molar-refractivity contribution is -0.138. The summed E-state index contributed by atoms with van der Waals surface area (Å²) in [5.74, 6) is -4.34. The van der Waals surface area contributed by atoms with Crippen molar-refractivity contribution in [3.05, 3.63) is 48.0 Å². The lowest BCUT2D eigenvalue weighted by Crippen LogP contribution is -2.57. The van der Waals surface area contributed by atoms with Crippen LogP contribution in [0.2, 0.25) is 0 Å². The maximum atomic E-state index is 14.6. The molecule has 0 aromatic carbocycles. The number of rotatable bonds is 6. The molecular weight excluding hydrogens is 501 g/mol. The van der Waals surface area contributed by atoms with Gasteiger partial charge in [-0.3, -0.25) is 9.48 Å². The summed E-state index contributed by atoms with van der Waals surface area (Å²) >= 11 is 0. The number of halogens is 5. The quantitative estimate of drug-likeness (QED) is 0.488. The third-order valence-electron chi connectivity index (χ3n) is 6.03. The molecule has 3 aromatic rings. The molecule has 3 aromatic heterocycles. The number of likely N-dealkylation sites (tertiary alicyclic amines) is 1. The molecule has 4 heterocycles. The van der Waals surface area contributed by atoms with Crippen LogP contribution in [-0.2, 0) is 13.2 Å². The molecule has 0 aliphatic carbocycles. The number of amides is 1. The normalized spacial score (nSPS) is 19.5. The van der Waals surface area contributed by atoms with E-state index in [0.717, 1.165) is 4.90 Å². The van der Waals surface area contributed by atoms with E-state index in [4.69, 9.17) is 4.74 Å². The van der Waals surface area contributed by atoms with E-state index >= 15 is 0 Å². The van der Waals surface area contributed by atoms with Crippen LogP contribution in [0.3, 0.4) is 0 Å². The smallest absolute Gasteiger partial charge is 0.419 e. The Labute approximate surface area is 208 Å². The molecule has 1 N–H and O–H groups in total. The number of nitrogens with zero attached hydrogens (tertiary/aromatic N) is 6. The van der Waals surface area contributed by atoms with Gasteiger partial charge >= 0.3 is 6.18 Å². The Hall–Kier alpha value is -3.84. The number of hydrogen-bond acceptors (Lipinski definition) is 7.